The summed E-state index contributed by atoms with van der Waals surface area (Å²) in [4.78, 5) is 2.38. The predicted molar refractivity (Wildman–Crippen MR) is 84.1 cm³/mol. The summed E-state index contributed by atoms with van der Waals surface area (Å²) in [7, 11) is 2.19. The number of ether oxygens (including phenoxy) is 1. The van der Waals surface area contributed by atoms with Crippen LogP contribution in [-0.4, -0.2) is 37.7 Å². The first-order valence-corrected chi connectivity index (χ1v) is 7.78. The van der Waals surface area contributed by atoms with Gasteiger partial charge in [0.1, 0.15) is 12.4 Å². The number of rotatable bonds is 9. The van der Waals surface area contributed by atoms with Crippen LogP contribution in [0.4, 0.5) is 0 Å². The van der Waals surface area contributed by atoms with Crippen LogP contribution in [0.1, 0.15) is 32.3 Å². The maximum atomic E-state index is 5.96. The first-order chi connectivity index (χ1) is 9.65. The van der Waals surface area contributed by atoms with E-state index >= 15 is 0 Å². The zero-order valence-corrected chi connectivity index (χ0v) is 13.1. The van der Waals surface area contributed by atoms with Crippen LogP contribution in [0.3, 0.4) is 0 Å². The average Bonchev–Trinajstić information content (AvgIpc) is 3.21. The number of benzene rings is 1. The Morgan fingerprint density at radius 2 is 2.05 bits per heavy atom. The maximum Gasteiger partial charge on any atom is 0.123 e. The molecule has 2 rings (SSSR count). The van der Waals surface area contributed by atoms with Gasteiger partial charge in [0, 0.05) is 31.2 Å². The fraction of sp³-hybridized carbons (Fsp3) is 0.647. The van der Waals surface area contributed by atoms with Gasteiger partial charge in [-0.1, -0.05) is 32.0 Å². The van der Waals surface area contributed by atoms with Crippen molar-refractivity contribution in [1.82, 2.24) is 10.2 Å². The van der Waals surface area contributed by atoms with Crippen molar-refractivity contribution >= 4 is 0 Å². The summed E-state index contributed by atoms with van der Waals surface area (Å²) in [5.74, 6) is 1.96. The van der Waals surface area contributed by atoms with Crippen LogP contribution >= 0.6 is 0 Å². The summed E-state index contributed by atoms with van der Waals surface area (Å²) < 4.78 is 5.96. The molecule has 1 aromatic carbocycles. The predicted octanol–water partition coefficient (Wildman–Crippen LogP) is 2.91. The van der Waals surface area contributed by atoms with Gasteiger partial charge in [0.15, 0.2) is 0 Å². The molecule has 0 unspecified atom stereocenters. The minimum absolute atomic E-state index is 0.493. The third-order valence-corrected chi connectivity index (χ3v) is 3.67. The second kappa shape index (κ2) is 7.65. The Balaban J connectivity index is 1.75. The Kier molecular flexibility index (Phi) is 5.86. The van der Waals surface area contributed by atoms with Crippen molar-refractivity contribution in [1.29, 1.82) is 0 Å². The molecule has 0 aliphatic heterocycles. The van der Waals surface area contributed by atoms with E-state index in [0.29, 0.717) is 6.04 Å². The molecule has 0 amide bonds. The molecule has 0 saturated heterocycles. The van der Waals surface area contributed by atoms with Crippen molar-refractivity contribution < 1.29 is 4.74 Å². The van der Waals surface area contributed by atoms with Gasteiger partial charge in [-0.2, -0.15) is 0 Å². The smallest absolute Gasteiger partial charge is 0.123 e. The van der Waals surface area contributed by atoms with Gasteiger partial charge >= 0.3 is 0 Å². The Morgan fingerprint density at radius 3 is 2.75 bits per heavy atom. The molecule has 1 saturated carbocycles. The van der Waals surface area contributed by atoms with Crippen LogP contribution in [0.2, 0.25) is 0 Å². The molecule has 1 aliphatic carbocycles. The third kappa shape index (κ3) is 5.51. The number of likely N-dealkylation sites (N-methyl/N-ethyl adjacent to an activating group) is 1. The van der Waals surface area contributed by atoms with Gasteiger partial charge < -0.3 is 15.0 Å². The molecule has 0 aromatic heterocycles. The van der Waals surface area contributed by atoms with E-state index in [-0.39, 0.29) is 0 Å². The highest BCUT2D eigenvalue weighted by atomic mass is 16.5. The highest BCUT2D eigenvalue weighted by Gasteiger charge is 2.22. The normalized spacial score (nSPS) is 15.1. The molecule has 0 heterocycles. The molecule has 1 N–H and O–H groups in total. The standard InChI is InChI=1S/C17H28N2O/c1-14(2)18-12-16-6-4-5-7-17(16)20-11-10-19(3)13-15-8-9-15/h4-7,14-15,18H,8-13H2,1-3H3. The Labute approximate surface area is 123 Å². The molecular formula is C17H28N2O. The van der Waals surface area contributed by atoms with Gasteiger partial charge in [0.2, 0.25) is 0 Å². The summed E-state index contributed by atoms with van der Waals surface area (Å²) in [6, 6.07) is 8.82. The van der Waals surface area contributed by atoms with E-state index in [1.807, 2.05) is 6.07 Å². The lowest BCUT2D eigenvalue weighted by molar-refractivity contribution is 0.230. The molecule has 112 valence electrons. The molecule has 1 aromatic rings. The quantitative estimate of drug-likeness (QED) is 0.750. The van der Waals surface area contributed by atoms with E-state index in [1.165, 1.54) is 24.9 Å². The fourth-order valence-corrected chi connectivity index (χ4v) is 2.25. The Bertz CT molecular complexity index is 402. The number of nitrogens with zero attached hydrogens (tertiary/aromatic N) is 1. The second-order valence-corrected chi connectivity index (χ2v) is 6.20. The summed E-state index contributed by atoms with van der Waals surface area (Å²) in [6.45, 7) is 8.18. The molecule has 1 aliphatic rings. The van der Waals surface area contributed by atoms with Crippen LogP contribution in [0.5, 0.6) is 5.75 Å². The zero-order chi connectivity index (χ0) is 14.4. The minimum Gasteiger partial charge on any atom is -0.492 e. The molecular weight excluding hydrogens is 248 g/mol. The van der Waals surface area contributed by atoms with Crippen molar-refractivity contribution in [3.05, 3.63) is 29.8 Å². The monoisotopic (exact) mass is 276 g/mol. The number of para-hydroxylation sites is 1. The van der Waals surface area contributed by atoms with Crippen molar-refractivity contribution in [2.45, 2.75) is 39.3 Å². The molecule has 1 fully saturated rings. The van der Waals surface area contributed by atoms with Crippen LogP contribution in [0.25, 0.3) is 0 Å². The molecule has 0 bridgehead atoms. The molecule has 20 heavy (non-hydrogen) atoms. The van der Waals surface area contributed by atoms with Crippen molar-refractivity contribution in [2.24, 2.45) is 5.92 Å². The van der Waals surface area contributed by atoms with Crippen molar-refractivity contribution in [3.63, 3.8) is 0 Å². The SMILES string of the molecule is CC(C)NCc1ccccc1OCCN(C)CC1CC1. The highest BCUT2D eigenvalue weighted by Crippen LogP contribution is 2.29. The van der Waals surface area contributed by atoms with E-state index in [4.69, 9.17) is 4.74 Å². The van der Waals surface area contributed by atoms with Gasteiger partial charge in [0.25, 0.3) is 0 Å². The van der Waals surface area contributed by atoms with Crippen LogP contribution < -0.4 is 10.1 Å². The second-order valence-electron chi connectivity index (χ2n) is 6.20. The van der Waals surface area contributed by atoms with Gasteiger partial charge in [-0.3, -0.25) is 0 Å². The van der Waals surface area contributed by atoms with Crippen molar-refractivity contribution in [3.8, 4) is 5.75 Å². The van der Waals surface area contributed by atoms with E-state index in [9.17, 15) is 0 Å². The van der Waals surface area contributed by atoms with Gasteiger partial charge in [0.05, 0.1) is 0 Å². The number of hydrogen-bond acceptors (Lipinski definition) is 3. The number of hydrogen-bond donors (Lipinski definition) is 1. The third-order valence-electron chi connectivity index (χ3n) is 3.67. The molecule has 0 spiro atoms. The minimum atomic E-state index is 0.493. The Hall–Kier alpha value is -1.06. The van der Waals surface area contributed by atoms with Crippen molar-refractivity contribution in [2.75, 3.05) is 26.7 Å². The largest absolute Gasteiger partial charge is 0.492 e. The maximum absolute atomic E-state index is 5.96. The van der Waals surface area contributed by atoms with E-state index in [1.54, 1.807) is 0 Å². The van der Waals surface area contributed by atoms with E-state index in [2.05, 4.69) is 49.3 Å². The van der Waals surface area contributed by atoms with Gasteiger partial charge in [-0.05, 0) is 31.9 Å². The summed E-state index contributed by atoms with van der Waals surface area (Å²) in [6.07, 6.45) is 2.82. The summed E-state index contributed by atoms with van der Waals surface area (Å²) in [5, 5.41) is 3.45. The van der Waals surface area contributed by atoms with E-state index < -0.39 is 0 Å². The molecule has 0 atom stereocenters. The summed E-state index contributed by atoms with van der Waals surface area (Å²) >= 11 is 0. The first kappa shape index (κ1) is 15.3. The molecule has 3 nitrogen and oxygen atoms in total. The Morgan fingerprint density at radius 1 is 1.30 bits per heavy atom. The topological polar surface area (TPSA) is 24.5 Å². The average molecular weight is 276 g/mol. The lowest BCUT2D eigenvalue weighted by atomic mass is 10.2. The van der Waals surface area contributed by atoms with Gasteiger partial charge in [-0.15, -0.1) is 0 Å². The van der Waals surface area contributed by atoms with Crippen LogP contribution in [-0.2, 0) is 6.54 Å². The lowest BCUT2D eigenvalue weighted by Crippen LogP contribution is -2.26. The highest BCUT2D eigenvalue weighted by molar-refractivity contribution is 5.33. The summed E-state index contributed by atoms with van der Waals surface area (Å²) in [5.41, 5.74) is 1.24. The molecule has 0 radical (unpaired) electrons. The fourth-order valence-electron chi connectivity index (χ4n) is 2.25. The van der Waals surface area contributed by atoms with Gasteiger partial charge in [-0.25, -0.2) is 0 Å². The zero-order valence-electron chi connectivity index (χ0n) is 13.1. The van der Waals surface area contributed by atoms with Crippen LogP contribution in [0, 0.1) is 5.92 Å². The lowest BCUT2D eigenvalue weighted by Gasteiger charge is -2.18. The van der Waals surface area contributed by atoms with E-state index in [0.717, 1.165) is 31.4 Å². The number of nitrogens with one attached hydrogen (secondary N) is 1. The first-order valence-electron chi connectivity index (χ1n) is 7.78. The molecule has 3 heteroatoms. The van der Waals surface area contributed by atoms with Crippen LogP contribution in [0.15, 0.2) is 24.3 Å².